The van der Waals surface area contributed by atoms with Crippen LogP contribution in [-0.4, -0.2) is 35.8 Å². The van der Waals surface area contributed by atoms with Crippen LogP contribution in [0.15, 0.2) is 27.1 Å². The van der Waals surface area contributed by atoms with Crippen molar-refractivity contribution in [3.8, 4) is 0 Å². The third kappa shape index (κ3) is 5.17. The molecule has 1 aromatic rings. The maximum absolute atomic E-state index is 13.3. The largest absolute Gasteiger partial charge is 0.417 e. The molecule has 8 heteroatoms. The van der Waals surface area contributed by atoms with Crippen LogP contribution in [0.5, 0.6) is 0 Å². The van der Waals surface area contributed by atoms with Crippen LogP contribution in [0.3, 0.4) is 0 Å². The van der Waals surface area contributed by atoms with Gasteiger partial charge in [-0.25, -0.2) is 0 Å². The van der Waals surface area contributed by atoms with Crippen molar-refractivity contribution >= 4 is 44.3 Å². The molecule has 2 rings (SSSR count). The van der Waals surface area contributed by atoms with Gasteiger partial charge in [0.05, 0.1) is 10.5 Å². The van der Waals surface area contributed by atoms with Crippen LogP contribution in [0.4, 0.5) is 13.2 Å². The van der Waals surface area contributed by atoms with Gasteiger partial charge in [0.2, 0.25) is 5.78 Å². The predicted molar refractivity (Wildman–Crippen MR) is 94.2 cm³/mol. The zero-order valence-electron chi connectivity index (χ0n) is 13.2. The van der Waals surface area contributed by atoms with Crippen molar-refractivity contribution in [3.05, 3.63) is 26.9 Å². The second-order valence-corrected chi connectivity index (χ2v) is 7.34. The highest BCUT2D eigenvalue weighted by atomic mass is 79.9. The van der Waals surface area contributed by atoms with Gasteiger partial charge in [-0.1, -0.05) is 12.8 Å². The highest BCUT2D eigenvalue weighted by Gasteiger charge is 2.37. The topological polar surface area (TPSA) is 32.7 Å². The number of carbonyl (C=O) groups is 1. The molecular formula is C16H18BrF3N2OS. The van der Waals surface area contributed by atoms with E-state index in [1.54, 1.807) is 10.4 Å². The number of hydrazone groups is 1. The van der Waals surface area contributed by atoms with Gasteiger partial charge in [0, 0.05) is 23.6 Å². The van der Waals surface area contributed by atoms with Crippen molar-refractivity contribution in [2.45, 2.75) is 38.8 Å². The van der Waals surface area contributed by atoms with E-state index in [4.69, 9.17) is 0 Å². The lowest BCUT2D eigenvalue weighted by Crippen LogP contribution is -2.23. The summed E-state index contributed by atoms with van der Waals surface area (Å²) in [6.45, 7) is 2.93. The second kappa shape index (κ2) is 8.29. The molecule has 0 bridgehead atoms. The third-order valence-corrected chi connectivity index (χ3v) is 5.54. The maximum Gasteiger partial charge on any atom is 0.417 e. The molecule has 0 unspecified atom stereocenters. The first-order valence-electron chi connectivity index (χ1n) is 7.66. The first-order chi connectivity index (χ1) is 11.3. The lowest BCUT2D eigenvalue weighted by atomic mass is 10.1. The van der Waals surface area contributed by atoms with Gasteiger partial charge < -0.3 is 0 Å². The Labute approximate surface area is 151 Å². The minimum Gasteiger partial charge on any atom is -0.297 e. The quantitative estimate of drug-likeness (QED) is 0.488. The molecule has 0 N–H and O–H groups in total. The number of nitrogens with zero attached hydrogens (tertiary/aromatic N) is 2. The molecule has 132 valence electrons. The lowest BCUT2D eigenvalue weighted by molar-refractivity contribution is -0.109. The maximum atomic E-state index is 13.3. The third-order valence-electron chi connectivity index (χ3n) is 3.67. The van der Waals surface area contributed by atoms with Crippen LogP contribution >= 0.6 is 27.3 Å². The fraction of sp³-hybridized carbons (Fsp3) is 0.500. The zero-order chi connectivity index (χ0) is 17.7. The minimum atomic E-state index is -4.61. The molecule has 1 saturated heterocycles. The smallest absolute Gasteiger partial charge is 0.297 e. The average molecular weight is 423 g/mol. The van der Waals surface area contributed by atoms with Gasteiger partial charge in [0.25, 0.3) is 0 Å². The summed E-state index contributed by atoms with van der Waals surface area (Å²) in [7, 11) is 0. The van der Waals surface area contributed by atoms with Crippen molar-refractivity contribution in [2.75, 3.05) is 13.1 Å². The second-order valence-electron chi connectivity index (χ2n) is 5.57. The molecule has 1 aliphatic heterocycles. The molecule has 0 aliphatic carbocycles. The van der Waals surface area contributed by atoms with E-state index in [1.807, 2.05) is 0 Å². The number of ketones is 1. The Bertz CT molecular complexity index is 644. The highest BCUT2D eigenvalue weighted by Crippen LogP contribution is 2.40. The van der Waals surface area contributed by atoms with Crippen molar-refractivity contribution in [3.63, 3.8) is 0 Å². The summed E-state index contributed by atoms with van der Waals surface area (Å²) in [5.41, 5.74) is -0.869. The summed E-state index contributed by atoms with van der Waals surface area (Å²) in [6, 6.07) is 1.53. The fourth-order valence-corrected chi connectivity index (χ4v) is 4.04. The van der Waals surface area contributed by atoms with Gasteiger partial charge >= 0.3 is 6.18 Å². The Kier molecular flexibility index (Phi) is 6.62. The Hall–Kier alpha value is -1.15. The summed E-state index contributed by atoms with van der Waals surface area (Å²) in [5.74, 6) is -0.716. The Morgan fingerprint density at radius 1 is 1.29 bits per heavy atom. The molecule has 1 aliphatic rings. The molecule has 24 heavy (non-hydrogen) atoms. The minimum absolute atomic E-state index is 0.00146. The predicted octanol–water partition coefficient (Wildman–Crippen LogP) is 5.28. The summed E-state index contributed by atoms with van der Waals surface area (Å²) < 4.78 is 40.3. The molecule has 0 saturated carbocycles. The summed E-state index contributed by atoms with van der Waals surface area (Å²) >= 11 is 4.03. The molecule has 0 spiro atoms. The molecule has 0 amide bonds. The van der Waals surface area contributed by atoms with Crippen LogP contribution in [0.25, 0.3) is 5.57 Å². The van der Waals surface area contributed by atoms with Gasteiger partial charge in [-0.2, -0.15) is 18.3 Å². The lowest BCUT2D eigenvalue weighted by Gasteiger charge is -2.17. The summed E-state index contributed by atoms with van der Waals surface area (Å²) in [4.78, 5) is 12.2. The van der Waals surface area contributed by atoms with E-state index < -0.39 is 17.5 Å². The summed E-state index contributed by atoms with van der Waals surface area (Å²) in [5, 5.41) is 7.54. The van der Waals surface area contributed by atoms with Crippen molar-refractivity contribution in [2.24, 2.45) is 5.10 Å². The normalized spacial score (nSPS) is 17.8. The molecule has 3 nitrogen and oxygen atoms in total. The Morgan fingerprint density at radius 3 is 2.42 bits per heavy atom. The number of allylic oxidation sites excluding steroid dienone is 2. The molecule has 1 aromatic heterocycles. The first kappa shape index (κ1) is 19.2. The van der Waals surface area contributed by atoms with E-state index in [2.05, 4.69) is 21.0 Å². The molecule has 0 radical (unpaired) electrons. The van der Waals surface area contributed by atoms with E-state index >= 15 is 0 Å². The Morgan fingerprint density at radius 2 is 1.92 bits per heavy atom. The van der Waals surface area contributed by atoms with Crippen LogP contribution in [0, 0.1) is 0 Å². The van der Waals surface area contributed by atoms with Gasteiger partial charge in [0.15, 0.2) is 0 Å². The van der Waals surface area contributed by atoms with E-state index in [-0.39, 0.29) is 10.6 Å². The molecule has 0 aromatic carbocycles. The van der Waals surface area contributed by atoms with Crippen molar-refractivity contribution < 1.29 is 18.0 Å². The van der Waals surface area contributed by atoms with Gasteiger partial charge in [-0.15, -0.1) is 11.3 Å². The first-order valence-corrected chi connectivity index (χ1v) is 9.33. The van der Waals surface area contributed by atoms with Crippen LogP contribution in [-0.2, 0) is 4.79 Å². The van der Waals surface area contributed by atoms with Crippen LogP contribution in [0.1, 0.15) is 37.5 Å². The molecule has 0 atom stereocenters. The van der Waals surface area contributed by atoms with E-state index in [0.29, 0.717) is 10.5 Å². The average Bonchev–Trinajstić information content (AvgIpc) is 2.75. The number of alkyl halides is 3. The monoisotopic (exact) mass is 422 g/mol. The van der Waals surface area contributed by atoms with Gasteiger partial charge in [-0.05, 0) is 47.1 Å². The standard InChI is InChI=1S/C16H18BrF3N2OS/c1-11(21-22-7-4-2-3-5-8-22)14(23)10-12(16(18,19)20)15-13(17)6-9-24-15/h6,9-10H,2-5,7-8H2,1H3/b12-10+,21-11+. The highest BCUT2D eigenvalue weighted by molar-refractivity contribution is 9.10. The zero-order valence-corrected chi connectivity index (χ0v) is 15.6. The molecule has 2 heterocycles. The van der Waals surface area contributed by atoms with E-state index in [9.17, 15) is 18.0 Å². The SMILES string of the molecule is C/C(=N\N1CCCCCC1)C(=O)/C=C(\c1sccc1Br)C(F)(F)F. The molecular weight excluding hydrogens is 405 g/mol. The van der Waals surface area contributed by atoms with Gasteiger partial charge in [0.1, 0.15) is 5.71 Å². The number of rotatable bonds is 4. The fourth-order valence-electron chi connectivity index (χ4n) is 2.41. The number of hydrogen-bond acceptors (Lipinski definition) is 4. The number of hydrogen-bond donors (Lipinski definition) is 0. The van der Waals surface area contributed by atoms with Crippen molar-refractivity contribution in [1.29, 1.82) is 0 Å². The van der Waals surface area contributed by atoms with Crippen LogP contribution < -0.4 is 0 Å². The number of halogens is 4. The van der Waals surface area contributed by atoms with E-state index in [0.717, 1.165) is 50.1 Å². The van der Waals surface area contributed by atoms with Crippen molar-refractivity contribution in [1.82, 2.24) is 5.01 Å². The van der Waals surface area contributed by atoms with E-state index in [1.165, 1.54) is 13.0 Å². The molecule has 1 fully saturated rings. The van der Waals surface area contributed by atoms with Gasteiger partial charge in [-0.3, -0.25) is 9.80 Å². The summed E-state index contributed by atoms with van der Waals surface area (Å²) in [6.07, 6.45) is 0.236. The van der Waals surface area contributed by atoms with Crippen LogP contribution in [0.2, 0.25) is 0 Å². The number of thiophene rings is 1. The number of carbonyl (C=O) groups excluding carboxylic acids is 1. The Balaban J connectivity index is 2.25.